The van der Waals surface area contributed by atoms with Gasteiger partial charge < -0.3 is 15.0 Å². The number of aryl methyl sites for hydroxylation is 1. The molecule has 116 valence electrons. The molecule has 6 nitrogen and oxygen atoms in total. The summed E-state index contributed by atoms with van der Waals surface area (Å²) in [7, 11) is 0. The molecular weight excluding hydrogens is 280 g/mol. The molecule has 0 unspecified atom stereocenters. The molecular formula is C16H20N4O2. The van der Waals surface area contributed by atoms with Gasteiger partial charge >= 0.3 is 0 Å². The fourth-order valence-corrected chi connectivity index (χ4v) is 3.33. The predicted octanol–water partition coefficient (Wildman–Crippen LogP) is 0.788. The van der Waals surface area contributed by atoms with Crippen molar-refractivity contribution in [2.24, 2.45) is 0 Å². The highest BCUT2D eigenvalue weighted by molar-refractivity contribution is 5.77. The molecule has 2 aliphatic heterocycles. The minimum atomic E-state index is -0.126. The lowest BCUT2D eigenvalue weighted by molar-refractivity contribution is 0.115. The zero-order valence-electron chi connectivity index (χ0n) is 12.7. The van der Waals surface area contributed by atoms with E-state index in [9.17, 15) is 4.79 Å². The second kappa shape index (κ2) is 5.37. The third kappa shape index (κ3) is 2.38. The summed E-state index contributed by atoms with van der Waals surface area (Å²) in [6, 6.07) is 4.49. The van der Waals surface area contributed by atoms with Gasteiger partial charge in [-0.15, -0.1) is 0 Å². The number of hydrogen-bond acceptors (Lipinski definition) is 5. The molecule has 4 rings (SSSR count). The molecule has 1 fully saturated rings. The number of nitrogens with one attached hydrogen (secondary N) is 2. The molecule has 2 aromatic rings. The van der Waals surface area contributed by atoms with Crippen molar-refractivity contribution in [3.05, 3.63) is 33.7 Å². The Morgan fingerprint density at radius 2 is 2.32 bits per heavy atom. The first-order chi connectivity index (χ1) is 10.7. The van der Waals surface area contributed by atoms with Crippen molar-refractivity contribution in [2.75, 3.05) is 26.2 Å². The van der Waals surface area contributed by atoms with Crippen molar-refractivity contribution < 1.29 is 4.74 Å². The summed E-state index contributed by atoms with van der Waals surface area (Å²) in [6.45, 7) is 6.38. The Morgan fingerprint density at radius 1 is 1.41 bits per heavy atom. The van der Waals surface area contributed by atoms with Crippen LogP contribution in [0, 0.1) is 6.92 Å². The summed E-state index contributed by atoms with van der Waals surface area (Å²) in [5.41, 5.74) is 3.05. The van der Waals surface area contributed by atoms with Gasteiger partial charge in [-0.2, -0.15) is 0 Å². The number of piperazine rings is 1. The highest BCUT2D eigenvalue weighted by Gasteiger charge is 2.25. The standard InChI is InChI=1S/C16H20N4O2/c1-10-16(21)19-13-6-11-9-20-4-3-17-8-12(20)2-5-22-15(11)7-14(13)18-10/h6-7,12,17H,2-5,8-9H2,1H3,(H,19,21)/t12-/m1/s1. The Balaban J connectivity index is 1.79. The number of fused-ring (bicyclic) bond motifs is 3. The maximum Gasteiger partial charge on any atom is 0.269 e. The minimum Gasteiger partial charge on any atom is -0.493 e. The van der Waals surface area contributed by atoms with Crippen LogP contribution in [0.25, 0.3) is 11.0 Å². The van der Waals surface area contributed by atoms with E-state index in [2.05, 4.69) is 20.2 Å². The normalized spacial score (nSPS) is 22.3. The Labute approximate surface area is 128 Å². The van der Waals surface area contributed by atoms with Crippen molar-refractivity contribution in [3.8, 4) is 5.75 Å². The molecule has 3 heterocycles. The van der Waals surface area contributed by atoms with Crippen LogP contribution in [0.1, 0.15) is 17.7 Å². The largest absolute Gasteiger partial charge is 0.493 e. The lowest BCUT2D eigenvalue weighted by Crippen LogP contribution is -2.51. The summed E-state index contributed by atoms with van der Waals surface area (Å²) >= 11 is 0. The van der Waals surface area contributed by atoms with Gasteiger partial charge in [-0.3, -0.25) is 9.69 Å². The summed E-state index contributed by atoms with van der Waals surface area (Å²) in [4.78, 5) is 21.6. The number of aromatic nitrogens is 2. The van der Waals surface area contributed by atoms with Crippen LogP contribution in [0.5, 0.6) is 5.75 Å². The smallest absolute Gasteiger partial charge is 0.269 e. The van der Waals surface area contributed by atoms with E-state index < -0.39 is 0 Å². The SMILES string of the molecule is Cc1nc2cc3c(cc2[nH]c1=O)CN1CCNC[C@H]1CCO3. The van der Waals surface area contributed by atoms with Gasteiger partial charge in [0.05, 0.1) is 17.6 Å². The van der Waals surface area contributed by atoms with Gasteiger partial charge in [0, 0.05) is 43.9 Å². The van der Waals surface area contributed by atoms with Crippen molar-refractivity contribution in [1.29, 1.82) is 0 Å². The van der Waals surface area contributed by atoms with Crippen LogP contribution >= 0.6 is 0 Å². The van der Waals surface area contributed by atoms with Crippen LogP contribution in [-0.2, 0) is 6.54 Å². The van der Waals surface area contributed by atoms with Crippen molar-refractivity contribution >= 4 is 11.0 Å². The minimum absolute atomic E-state index is 0.126. The maximum absolute atomic E-state index is 11.8. The quantitative estimate of drug-likeness (QED) is 0.753. The van der Waals surface area contributed by atoms with Crippen LogP contribution in [0.15, 0.2) is 16.9 Å². The molecule has 0 radical (unpaired) electrons. The van der Waals surface area contributed by atoms with E-state index in [0.717, 1.165) is 54.9 Å². The molecule has 0 saturated carbocycles. The number of ether oxygens (including phenoxy) is 1. The topological polar surface area (TPSA) is 70.2 Å². The molecule has 2 aliphatic rings. The lowest BCUT2D eigenvalue weighted by atomic mass is 10.1. The van der Waals surface area contributed by atoms with E-state index in [-0.39, 0.29) is 5.56 Å². The van der Waals surface area contributed by atoms with E-state index in [1.54, 1.807) is 6.92 Å². The third-order valence-corrected chi connectivity index (χ3v) is 4.60. The lowest BCUT2D eigenvalue weighted by Gasteiger charge is -2.38. The van der Waals surface area contributed by atoms with Gasteiger partial charge in [-0.25, -0.2) is 4.98 Å². The number of benzene rings is 1. The van der Waals surface area contributed by atoms with E-state index in [0.29, 0.717) is 18.3 Å². The summed E-state index contributed by atoms with van der Waals surface area (Å²) in [5.74, 6) is 0.892. The molecule has 6 heteroatoms. The molecule has 1 aromatic heterocycles. The number of aromatic amines is 1. The average molecular weight is 300 g/mol. The van der Waals surface area contributed by atoms with Gasteiger partial charge in [-0.1, -0.05) is 0 Å². The van der Waals surface area contributed by atoms with Crippen LogP contribution in [0.2, 0.25) is 0 Å². The maximum atomic E-state index is 11.8. The summed E-state index contributed by atoms with van der Waals surface area (Å²) in [6.07, 6.45) is 1.03. The van der Waals surface area contributed by atoms with E-state index in [1.165, 1.54) is 0 Å². The number of rotatable bonds is 0. The Hall–Kier alpha value is -1.92. The van der Waals surface area contributed by atoms with Gasteiger partial charge in [-0.05, 0) is 19.4 Å². The van der Waals surface area contributed by atoms with Crippen LogP contribution in [0.3, 0.4) is 0 Å². The van der Waals surface area contributed by atoms with Gasteiger partial charge in [0.1, 0.15) is 11.4 Å². The number of hydrogen-bond donors (Lipinski definition) is 2. The molecule has 0 aliphatic carbocycles. The molecule has 0 amide bonds. The molecule has 0 spiro atoms. The third-order valence-electron chi connectivity index (χ3n) is 4.60. The Bertz CT molecular complexity index is 771. The van der Waals surface area contributed by atoms with E-state index in [1.807, 2.05) is 12.1 Å². The summed E-state index contributed by atoms with van der Waals surface area (Å²) < 4.78 is 5.97. The van der Waals surface area contributed by atoms with Gasteiger partial charge in [0.25, 0.3) is 5.56 Å². The number of nitrogens with zero attached hydrogens (tertiary/aromatic N) is 2. The first kappa shape index (κ1) is 13.7. The molecule has 1 aromatic carbocycles. The van der Waals surface area contributed by atoms with Gasteiger partial charge in [0.15, 0.2) is 0 Å². The molecule has 1 atom stereocenters. The predicted molar refractivity (Wildman–Crippen MR) is 84.3 cm³/mol. The highest BCUT2D eigenvalue weighted by atomic mass is 16.5. The van der Waals surface area contributed by atoms with E-state index >= 15 is 0 Å². The Morgan fingerprint density at radius 3 is 3.23 bits per heavy atom. The molecule has 1 saturated heterocycles. The first-order valence-electron chi connectivity index (χ1n) is 7.82. The summed E-state index contributed by atoms with van der Waals surface area (Å²) in [5, 5.41) is 3.44. The monoisotopic (exact) mass is 300 g/mol. The zero-order valence-corrected chi connectivity index (χ0v) is 12.7. The van der Waals surface area contributed by atoms with Crippen LogP contribution in [-0.4, -0.2) is 47.2 Å². The van der Waals surface area contributed by atoms with Gasteiger partial charge in [0.2, 0.25) is 0 Å². The highest BCUT2D eigenvalue weighted by Crippen LogP contribution is 2.28. The fraction of sp³-hybridized carbons (Fsp3) is 0.500. The van der Waals surface area contributed by atoms with Crippen molar-refractivity contribution in [3.63, 3.8) is 0 Å². The van der Waals surface area contributed by atoms with Crippen molar-refractivity contribution in [1.82, 2.24) is 20.2 Å². The second-order valence-corrected chi connectivity index (χ2v) is 6.09. The zero-order chi connectivity index (χ0) is 15.1. The van der Waals surface area contributed by atoms with Crippen LogP contribution < -0.4 is 15.6 Å². The molecule has 22 heavy (non-hydrogen) atoms. The molecule has 2 N–H and O–H groups in total. The molecule has 0 bridgehead atoms. The Kier molecular flexibility index (Phi) is 3.35. The fourth-order valence-electron chi connectivity index (χ4n) is 3.33. The van der Waals surface area contributed by atoms with Crippen molar-refractivity contribution in [2.45, 2.75) is 25.9 Å². The van der Waals surface area contributed by atoms with E-state index in [4.69, 9.17) is 4.74 Å². The first-order valence-corrected chi connectivity index (χ1v) is 7.82. The van der Waals surface area contributed by atoms with Crippen LogP contribution in [0.4, 0.5) is 0 Å². The second-order valence-electron chi connectivity index (χ2n) is 6.09. The number of H-pyrrole nitrogens is 1. The average Bonchev–Trinajstić information content (AvgIpc) is 2.49.